The minimum absolute atomic E-state index is 0.0602. The minimum Gasteiger partial charge on any atom is -0.481 e. The first-order valence-corrected chi connectivity index (χ1v) is 5.40. The lowest BCUT2D eigenvalue weighted by Crippen LogP contribution is -2.14. The quantitative estimate of drug-likeness (QED) is 0.823. The third kappa shape index (κ3) is 2.95. The second-order valence-corrected chi connectivity index (χ2v) is 3.80. The molecule has 0 spiro atoms. The van der Waals surface area contributed by atoms with E-state index in [0.29, 0.717) is 5.56 Å². The van der Waals surface area contributed by atoms with E-state index in [0.717, 1.165) is 0 Å². The number of hydrogen-bond donors (Lipinski definition) is 2. The van der Waals surface area contributed by atoms with Crippen molar-refractivity contribution in [2.75, 3.05) is 0 Å². The molecule has 1 heterocycles. The lowest BCUT2D eigenvalue weighted by Gasteiger charge is -2.07. The number of aliphatic carboxylic acids is 2. The van der Waals surface area contributed by atoms with Crippen molar-refractivity contribution in [3.05, 3.63) is 47.6 Å². The highest BCUT2D eigenvalue weighted by atomic mass is 16.5. The maximum Gasteiger partial charge on any atom is 0.318 e. The van der Waals surface area contributed by atoms with Crippen LogP contribution in [0.25, 0.3) is 0 Å². The largest absolute Gasteiger partial charge is 0.481 e. The Kier molecular flexibility index (Phi) is 3.56. The molecule has 0 bridgehead atoms. The zero-order chi connectivity index (χ0) is 13.8. The Morgan fingerprint density at radius 1 is 1.21 bits per heavy atom. The summed E-state index contributed by atoms with van der Waals surface area (Å²) in [6, 6.07) is 8.42. The molecule has 7 heteroatoms. The average molecular weight is 262 g/mol. The smallest absolute Gasteiger partial charge is 0.318 e. The molecule has 1 atom stereocenters. The van der Waals surface area contributed by atoms with E-state index in [1.807, 2.05) is 0 Å². The summed E-state index contributed by atoms with van der Waals surface area (Å²) in [5.74, 6) is -3.51. The van der Waals surface area contributed by atoms with Crippen LogP contribution in [0, 0.1) is 0 Å². The molecule has 2 aromatic rings. The van der Waals surface area contributed by atoms with Gasteiger partial charge in [-0.2, -0.15) is 4.98 Å². The molecule has 7 nitrogen and oxygen atoms in total. The van der Waals surface area contributed by atoms with E-state index in [9.17, 15) is 14.7 Å². The molecular formula is C12H10N2O5. The molecule has 1 aromatic heterocycles. The SMILES string of the molecule is O=C(O)Cc1nc(C(C(=O)O)c2ccccc2)no1. The minimum atomic E-state index is -1.13. The monoisotopic (exact) mass is 262 g/mol. The van der Waals surface area contributed by atoms with E-state index >= 15 is 0 Å². The van der Waals surface area contributed by atoms with Crippen LogP contribution in [0.2, 0.25) is 0 Å². The fourth-order valence-corrected chi connectivity index (χ4v) is 1.63. The Labute approximate surface area is 107 Å². The van der Waals surface area contributed by atoms with Crippen molar-refractivity contribution in [2.24, 2.45) is 0 Å². The van der Waals surface area contributed by atoms with Gasteiger partial charge in [0.25, 0.3) is 0 Å². The molecule has 0 saturated carbocycles. The van der Waals surface area contributed by atoms with Crippen LogP contribution in [-0.4, -0.2) is 32.3 Å². The fourth-order valence-electron chi connectivity index (χ4n) is 1.63. The third-order valence-electron chi connectivity index (χ3n) is 2.42. The second-order valence-electron chi connectivity index (χ2n) is 3.80. The number of rotatable bonds is 5. The summed E-state index contributed by atoms with van der Waals surface area (Å²) in [5.41, 5.74) is 0.498. The first kappa shape index (κ1) is 12.7. The average Bonchev–Trinajstić information content (AvgIpc) is 2.77. The van der Waals surface area contributed by atoms with Gasteiger partial charge in [0.15, 0.2) is 5.82 Å². The van der Waals surface area contributed by atoms with Crippen LogP contribution in [0.3, 0.4) is 0 Å². The zero-order valence-corrected chi connectivity index (χ0v) is 9.68. The maximum absolute atomic E-state index is 11.3. The number of aromatic nitrogens is 2. The van der Waals surface area contributed by atoms with Crippen LogP contribution in [0.1, 0.15) is 23.2 Å². The van der Waals surface area contributed by atoms with Crippen LogP contribution in [0.4, 0.5) is 0 Å². The summed E-state index contributed by atoms with van der Waals surface area (Å²) in [5, 5.41) is 21.4. The van der Waals surface area contributed by atoms with E-state index in [1.165, 1.54) is 0 Å². The van der Waals surface area contributed by atoms with Gasteiger partial charge in [-0.15, -0.1) is 0 Å². The molecule has 2 rings (SSSR count). The predicted octanol–water partition coefficient (Wildman–Crippen LogP) is 0.913. The Morgan fingerprint density at radius 3 is 2.47 bits per heavy atom. The van der Waals surface area contributed by atoms with Crippen LogP contribution in [0.5, 0.6) is 0 Å². The lowest BCUT2D eigenvalue weighted by atomic mass is 9.99. The number of hydrogen-bond acceptors (Lipinski definition) is 5. The highest BCUT2D eigenvalue weighted by Crippen LogP contribution is 2.22. The van der Waals surface area contributed by atoms with Gasteiger partial charge in [-0.05, 0) is 5.56 Å². The van der Waals surface area contributed by atoms with Crippen LogP contribution >= 0.6 is 0 Å². The Hall–Kier alpha value is -2.70. The molecule has 0 aliphatic rings. The van der Waals surface area contributed by atoms with Gasteiger partial charge in [-0.1, -0.05) is 35.5 Å². The lowest BCUT2D eigenvalue weighted by molar-refractivity contribution is -0.138. The van der Waals surface area contributed by atoms with E-state index < -0.39 is 24.3 Å². The van der Waals surface area contributed by atoms with Gasteiger partial charge in [-0.3, -0.25) is 9.59 Å². The van der Waals surface area contributed by atoms with Crippen molar-refractivity contribution in [1.82, 2.24) is 10.1 Å². The van der Waals surface area contributed by atoms with Gasteiger partial charge in [-0.25, -0.2) is 0 Å². The zero-order valence-electron chi connectivity index (χ0n) is 9.68. The number of benzene rings is 1. The van der Waals surface area contributed by atoms with E-state index in [2.05, 4.69) is 10.1 Å². The molecule has 98 valence electrons. The number of nitrogens with zero attached hydrogens (tertiary/aromatic N) is 2. The summed E-state index contributed by atoms with van der Waals surface area (Å²) in [7, 11) is 0. The molecule has 0 radical (unpaired) electrons. The van der Waals surface area contributed by atoms with E-state index in [4.69, 9.17) is 9.63 Å². The van der Waals surface area contributed by atoms with Crippen molar-refractivity contribution in [1.29, 1.82) is 0 Å². The van der Waals surface area contributed by atoms with Crippen molar-refractivity contribution in [3.8, 4) is 0 Å². The van der Waals surface area contributed by atoms with Gasteiger partial charge in [0.05, 0.1) is 0 Å². The van der Waals surface area contributed by atoms with E-state index in [-0.39, 0.29) is 11.7 Å². The summed E-state index contributed by atoms with van der Waals surface area (Å²) < 4.78 is 4.72. The van der Waals surface area contributed by atoms with Gasteiger partial charge in [0.1, 0.15) is 12.3 Å². The third-order valence-corrected chi connectivity index (χ3v) is 2.42. The summed E-state index contributed by atoms with van der Waals surface area (Å²) in [6.07, 6.45) is -0.436. The Bertz CT molecular complexity index is 593. The van der Waals surface area contributed by atoms with E-state index in [1.54, 1.807) is 30.3 Å². The standard InChI is InChI=1S/C12H10N2O5/c15-9(16)6-8-13-11(14-19-8)10(12(17)18)7-4-2-1-3-5-7/h1-5,10H,6H2,(H,15,16)(H,17,18). The van der Waals surface area contributed by atoms with Gasteiger partial charge in [0.2, 0.25) is 5.89 Å². The van der Waals surface area contributed by atoms with Crippen molar-refractivity contribution in [2.45, 2.75) is 12.3 Å². The van der Waals surface area contributed by atoms with Gasteiger partial charge in [0, 0.05) is 0 Å². The molecule has 0 amide bonds. The first-order valence-electron chi connectivity index (χ1n) is 5.40. The van der Waals surface area contributed by atoms with Crippen molar-refractivity contribution < 1.29 is 24.3 Å². The number of carboxylic acid groups (broad SMARTS) is 2. The maximum atomic E-state index is 11.3. The Balaban J connectivity index is 2.33. The summed E-state index contributed by atoms with van der Waals surface area (Å²) >= 11 is 0. The molecular weight excluding hydrogens is 252 g/mol. The number of carboxylic acids is 2. The topological polar surface area (TPSA) is 114 Å². The van der Waals surface area contributed by atoms with Gasteiger partial charge >= 0.3 is 11.9 Å². The normalized spacial score (nSPS) is 12.0. The van der Waals surface area contributed by atoms with Crippen molar-refractivity contribution >= 4 is 11.9 Å². The predicted molar refractivity (Wildman–Crippen MR) is 61.6 cm³/mol. The van der Waals surface area contributed by atoms with Crippen molar-refractivity contribution in [3.63, 3.8) is 0 Å². The summed E-state index contributed by atoms with van der Waals surface area (Å²) in [6.45, 7) is 0. The highest BCUT2D eigenvalue weighted by Gasteiger charge is 2.27. The molecule has 0 saturated heterocycles. The summed E-state index contributed by atoms with van der Waals surface area (Å²) in [4.78, 5) is 25.6. The first-order chi connectivity index (χ1) is 9.08. The number of carbonyl (C=O) groups is 2. The van der Waals surface area contributed by atoms with Crippen LogP contribution < -0.4 is 0 Å². The molecule has 0 aliphatic carbocycles. The molecule has 1 unspecified atom stereocenters. The highest BCUT2D eigenvalue weighted by molar-refractivity contribution is 5.79. The molecule has 0 aliphatic heterocycles. The Morgan fingerprint density at radius 2 is 1.89 bits per heavy atom. The van der Waals surface area contributed by atoms with Crippen LogP contribution in [-0.2, 0) is 16.0 Å². The molecule has 1 aromatic carbocycles. The van der Waals surface area contributed by atoms with Crippen LogP contribution in [0.15, 0.2) is 34.9 Å². The molecule has 2 N–H and O–H groups in total. The fraction of sp³-hybridized carbons (Fsp3) is 0.167. The van der Waals surface area contributed by atoms with Gasteiger partial charge < -0.3 is 14.7 Å². The molecule has 0 fully saturated rings. The second kappa shape index (κ2) is 5.30. The molecule has 19 heavy (non-hydrogen) atoms.